The fourth-order valence-corrected chi connectivity index (χ4v) is 8.23. The average Bonchev–Trinajstić information content (AvgIpc) is 3.06. The molecular weight excluding hydrogens is 627 g/mol. The van der Waals surface area contributed by atoms with Crippen LogP contribution >= 0.6 is 23.2 Å². The van der Waals surface area contributed by atoms with Gasteiger partial charge in [0.1, 0.15) is 6.26 Å². The molecule has 1 fully saturated rings. The smallest absolute Gasteiger partial charge is 0.254 e. The van der Waals surface area contributed by atoms with Crippen LogP contribution in [0.2, 0.25) is 10.0 Å². The number of likely N-dealkylation sites (N-methyl/N-ethyl adjacent to an activating group) is 1. The molecule has 0 N–H and O–H groups in total. The molecule has 1 unspecified atom stereocenters. The monoisotopic (exact) mass is 670 g/mol. The van der Waals surface area contributed by atoms with Gasteiger partial charge in [-0.05, 0) is 117 Å². The molecule has 2 atom stereocenters. The Morgan fingerprint density at radius 2 is 1.73 bits per heavy atom. The van der Waals surface area contributed by atoms with Crippen LogP contribution in [-0.4, -0.2) is 74.0 Å². The van der Waals surface area contributed by atoms with E-state index in [4.69, 9.17) is 32.7 Å². The molecule has 9 heteroatoms. The molecule has 2 aliphatic rings. The number of hydrogen-bond donors (Lipinski definition) is 0. The van der Waals surface area contributed by atoms with Crippen molar-refractivity contribution in [1.82, 2.24) is 9.80 Å². The number of likely N-dealkylation sites (tertiary alicyclic amines) is 1. The second-order valence-corrected chi connectivity index (χ2v) is 14.4. The van der Waals surface area contributed by atoms with Crippen molar-refractivity contribution in [2.75, 3.05) is 53.7 Å². The summed E-state index contributed by atoms with van der Waals surface area (Å²) in [5.41, 5.74) is 5.18. The van der Waals surface area contributed by atoms with Crippen molar-refractivity contribution in [3.8, 4) is 11.5 Å². The number of hydrogen-bond acceptors (Lipinski definition) is 5. The molecule has 1 heterocycles. The van der Waals surface area contributed by atoms with Gasteiger partial charge in [-0.2, -0.15) is 0 Å². The number of benzene rings is 3. The Hall–Kier alpha value is -2.42. The van der Waals surface area contributed by atoms with Crippen molar-refractivity contribution in [3.05, 3.63) is 86.4 Å². The third-order valence-corrected chi connectivity index (χ3v) is 11.3. The lowest BCUT2D eigenvalue weighted by Gasteiger charge is -2.34. The van der Waals surface area contributed by atoms with Crippen LogP contribution in [0.15, 0.2) is 53.4 Å². The van der Waals surface area contributed by atoms with Gasteiger partial charge in [-0.15, -0.1) is 0 Å². The molecule has 0 bridgehead atoms. The molecule has 6 nitrogen and oxygen atoms in total. The molecule has 5 rings (SSSR count). The maximum atomic E-state index is 14.1. The van der Waals surface area contributed by atoms with Crippen LogP contribution in [-0.2, 0) is 24.0 Å². The summed E-state index contributed by atoms with van der Waals surface area (Å²) in [6, 6.07) is 15.8. The maximum absolute atomic E-state index is 14.1. The van der Waals surface area contributed by atoms with Crippen LogP contribution in [0.1, 0.15) is 76.6 Å². The highest BCUT2D eigenvalue weighted by Crippen LogP contribution is 2.40. The lowest BCUT2D eigenvalue weighted by Crippen LogP contribution is -2.36. The van der Waals surface area contributed by atoms with E-state index in [1.807, 2.05) is 48.3 Å². The summed E-state index contributed by atoms with van der Waals surface area (Å²) in [4.78, 5) is 19.4. The number of piperidine rings is 1. The predicted octanol–water partition coefficient (Wildman–Crippen LogP) is 7.75. The van der Waals surface area contributed by atoms with Gasteiger partial charge in [-0.1, -0.05) is 47.5 Å². The highest BCUT2D eigenvalue weighted by molar-refractivity contribution is 7.90. The van der Waals surface area contributed by atoms with Gasteiger partial charge in [-0.25, -0.2) is 0 Å². The van der Waals surface area contributed by atoms with Crippen LogP contribution in [0.4, 0.5) is 0 Å². The van der Waals surface area contributed by atoms with E-state index >= 15 is 0 Å². The summed E-state index contributed by atoms with van der Waals surface area (Å²) in [5, 5.41) is 1.05. The van der Waals surface area contributed by atoms with Crippen molar-refractivity contribution < 1.29 is 18.8 Å². The minimum Gasteiger partial charge on any atom is -0.612 e. The Morgan fingerprint density at radius 3 is 2.40 bits per heavy atom. The van der Waals surface area contributed by atoms with Crippen LogP contribution in [0.3, 0.4) is 0 Å². The van der Waals surface area contributed by atoms with Gasteiger partial charge in [0, 0.05) is 36.2 Å². The number of ether oxygens (including phenoxy) is 2. The fourth-order valence-electron chi connectivity index (χ4n) is 7.09. The van der Waals surface area contributed by atoms with Crippen LogP contribution < -0.4 is 9.47 Å². The highest BCUT2D eigenvalue weighted by atomic mass is 35.5. The molecule has 0 saturated carbocycles. The summed E-state index contributed by atoms with van der Waals surface area (Å²) in [6.07, 6.45) is 8.57. The molecule has 0 radical (unpaired) electrons. The first-order valence-electron chi connectivity index (χ1n) is 15.8. The molecule has 1 aliphatic carbocycles. The molecule has 45 heavy (non-hydrogen) atoms. The van der Waals surface area contributed by atoms with Gasteiger partial charge in [-0.3, -0.25) is 4.79 Å². The minimum atomic E-state index is -0.993. The Labute approximate surface area is 281 Å². The van der Waals surface area contributed by atoms with E-state index in [9.17, 15) is 9.35 Å². The van der Waals surface area contributed by atoms with E-state index in [0.717, 1.165) is 91.9 Å². The van der Waals surface area contributed by atoms with Gasteiger partial charge in [0.05, 0.1) is 24.3 Å². The van der Waals surface area contributed by atoms with Crippen LogP contribution in [0, 0.1) is 0 Å². The zero-order chi connectivity index (χ0) is 32.1. The van der Waals surface area contributed by atoms with Crippen molar-refractivity contribution in [2.24, 2.45) is 0 Å². The molecule has 1 saturated heterocycles. The van der Waals surface area contributed by atoms with Crippen molar-refractivity contribution in [1.29, 1.82) is 0 Å². The van der Waals surface area contributed by atoms with Gasteiger partial charge in [0.2, 0.25) is 0 Å². The molecule has 0 aromatic heterocycles. The van der Waals surface area contributed by atoms with E-state index < -0.39 is 11.2 Å². The molecular formula is C36H44Cl2N2O4S. The Morgan fingerprint density at radius 1 is 1.02 bits per heavy atom. The standard InChI is InChI=1S/C36H44Cl2N2O4S/c1-39(36(41)30-22-33(43-2)35(44-3)29-11-6-5-10-28(29)30)23-26(25-13-14-31(37)32(38)21-25)17-20-40-18-15-24(16-19-40)27-9-7-8-12-34(27)45(4)42/h7-9,12-14,21-22,24,26H,5-6,10-11,15-20,23H2,1-4H3/t26-,45?/m1/s1. The van der Waals surface area contributed by atoms with Gasteiger partial charge >= 0.3 is 0 Å². The lowest BCUT2D eigenvalue weighted by molar-refractivity contribution is 0.0779. The zero-order valence-electron chi connectivity index (χ0n) is 26.7. The van der Waals surface area contributed by atoms with E-state index in [1.165, 1.54) is 5.56 Å². The number of amides is 1. The molecule has 1 aliphatic heterocycles. The minimum absolute atomic E-state index is 0.00745. The van der Waals surface area contributed by atoms with E-state index in [2.05, 4.69) is 17.0 Å². The van der Waals surface area contributed by atoms with E-state index in [0.29, 0.717) is 33.8 Å². The largest absolute Gasteiger partial charge is 0.612 e. The van der Waals surface area contributed by atoms with Crippen molar-refractivity contribution in [2.45, 2.75) is 61.7 Å². The second kappa shape index (κ2) is 15.4. The summed E-state index contributed by atoms with van der Waals surface area (Å²) in [5.74, 6) is 1.84. The summed E-state index contributed by atoms with van der Waals surface area (Å²) in [7, 11) is 5.17. The fraction of sp³-hybridized carbons (Fsp3) is 0.472. The topological polar surface area (TPSA) is 65.1 Å². The molecule has 1 amide bonds. The summed E-state index contributed by atoms with van der Waals surface area (Å²) >= 11 is 11.8. The first-order chi connectivity index (χ1) is 21.7. The van der Waals surface area contributed by atoms with Gasteiger partial charge in [0.15, 0.2) is 16.4 Å². The first-order valence-corrected chi connectivity index (χ1v) is 18.1. The highest BCUT2D eigenvalue weighted by Gasteiger charge is 2.29. The molecule has 3 aromatic rings. The predicted molar refractivity (Wildman–Crippen MR) is 184 cm³/mol. The third-order valence-electron chi connectivity index (χ3n) is 9.53. The second-order valence-electron chi connectivity index (χ2n) is 12.3. The van der Waals surface area contributed by atoms with Gasteiger partial charge < -0.3 is 23.8 Å². The maximum Gasteiger partial charge on any atom is 0.254 e. The quantitative estimate of drug-likeness (QED) is 0.195. The number of nitrogens with zero attached hydrogens (tertiary/aromatic N) is 2. The Balaban J connectivity index is 1.31. The number of carbonyl (C=O) groups excluding carboxylic acids is 1. The number of fused-ring (bicyclic) bond motifs is 1. The number of halogens is 2. The molecule has 0 spiro atoms. The lowest BCUT2D eigenvalue weighted by atomic mass is 9.86. The molecule has 3 aromatic carbocycles. The van der Waals surface area contributed by atoms with E-state index in [1.54, 1.807) is 20.5 Å². The Kier molecular flexibility index (Phi) is 11.6. The summed E-state index contributed by atoms with van der Waals surface area (Å²) < 4.78 is 23.7. The Bertz CT molecular complexity index is 1490. The average molecular weight is 672 g/mol. The number of carbonyl (C=O) groups is 1. The number of methoxy groups -OCH3 is 2. The third kappa shape index (κ3) is 7.77. The SMILES string of the molecule is COc1cc(C(=O)N(C)C[C@@H](CCN2CCC(c3ccccc3[S+](C)[O-])CC2)c2ccc(Cl)c(Cl)c2)c2c(c1OC)CCCC2. The zero-order valence-corrected chi connectivity index (χ0v) is 29.1. The van der Waals surface area contributed by atoms with Crippen LogP contribution in [0.25, 0.3) is 0 Å². The summed E-state index contributed by atoms with van der Waals surface area (Å²) in [6.45, 7) is 3.42. The molecule has 242 valence electrons. The first kappa shape index (κ1) is 33.9. The normalized spacial score (nSPS) is 17.0. The van der Waals surface area contributed by atoms with E-state index in [-0.39, 0.29) is 11.8 Å². The number of rotatable bonds is 11. The van der Waals surface area contributed by atoms with Crippen molar-refractivity contribution >= 4 is 40.3 Å². The van der Waals surface area contributed by atoms with Gasteiger partial charge in [0.25, 0.3) is 5.91 Å². The van der Waals surface area contributed by atoms with Crippen molar-refractivity contribution in [3.63, 3.8) is 0 Å². The van der Waals surface area contributed by atoms with Crippen LogP contribution in [0.5, 0.6) is 11.5 Å².